The summed E-state index contributed by atoms with van der Waals surface area (Å²) in [5.74, 6) is 1.89. The highest BCUT2D eigenvalue weighted by atomic mass is 16.5. The van der Waals surface area contributed by atoms with Crippen LogP contribution in [0.25, 0.3) is 0 Å². The molecule has 1 unspecified atom stereocenters. The van der Waals surface area contributed by atoms with Gasteiger partial charge in [-0.3, -0.25) is 4.90 Å². The largest absolute Gasteiger partial charge is 0.492 e. The molecule has 0 spiro atoms. The third-order valence-electron chi connectivity index (χ3n) is 3.52. The van der Waals surface area contributed by atoms with Crippen LogP contribution in [-0.2, 0) is 6.54 Å². The number of hydrogen-bond donors (Lipinski definition) is 1. The number of rotatable bonds is 3. The maximum atomic E-state index is 5.92. The molecule has 0 bridgehead atoms. The fourth-order valence-corrected chi connectivity index (χ4v) is 2.54. The van der Waals surface area contributed by atoms with Crippen LogP contribution in [0.2, 0.25) is 0 Å². The molecular weight excluding hydrogens is 240 g/mol. The van der Waals surface area contributed by atoms with Crippen molar-refractivity contribution in [3.05, 3.63) is 54.0 Å². The van der Waals surface area contributed by atoms with Crippen LogP contribution in [0.15, 0.2) is 47.1 Å². The summed E-state index contributed by atoms with van der Waals surface area (Å²) in [7, 11) is 0. The Labute approximate surface area is 112 Å². The molecule has 0 fully saturated rings. The van der Waals surface area contributed by atoms with Gasteiger partial charge in [0.05, 0.1) is 12.3 Å². The van der Waals surface area contributed by atoms with E-state index < -0.39 is 0 Å². The summed E-state index contributed by atoms with van der Waals surface area (Å²) in [5, 5.41) is 0. The standard InChI is InChI=1S/C15H18N2O2/c16-10-13(15-6-3-8-18-15)17-7-9-19-14-5-2-1-4-12(14)11-17/h1-6,8,13H,7,9-11,16H2. The summed E-state index contributed by atoms with van der Waals surface area (Å²) in [6.07, 6.45) is 1.69. The number of hydrogen-bond acceptors (Lipinski definition) is 4. The SMILES string of the molecule is NCC(c1ccco1)N1CCOc2ccccc2C1. The van der Waals surface area contributed by atoms with Gasteiger partial charge in [0.25, 0.3) is 0 Å². The molecule has 3 rings (SSSR count). The summed E-state index contributed by atoms with van der Waals surface area (Å²) in [5.41, 5.74) is 7.12. The van der Waals surface area contributed by atoms with Crippen molar-refractivity contribution in [1.82, 2.24) is 4.90 Å². The predicted octanol–water partition coefficient (Wildman–Crippen LogP) is 2.17. The molecule has 0 radical (unpaired) electrons. The number of nitrogens with zero attached hydrogens (tertiary/aromatic N) is 1. The van der Waals surface area contributed by atoms with Crippen molar-refractivity contribution in [1.29, 1.82) is 0 Å². The molecule has 100 valence electrons. The molecule has 0 saturated carbocycles. The fraction of sp³-hybridized carbons (Fsp3) is 0.333. The van der Waals surface area contributed by atoms with Gasteiger partial charge >= 0.3 is 0 Å². The normalized spacial score (nSPS) is 17.3. The van der Waals surface area contributed by atoms with Gasteiger partial charge < -0.3 is 14.9 Å². The van der Waals surface area contributed by atoms with E-state index in [-0.39, 0.29) is 6.04 Å². The maximum absolute atomic E-state index is 5.92. The van der Waals surface area contributed by atoms with Gasteiger partial charge in [-0.05, 0) is 18.2 Å². The van der Waals surface area contributed by atoms with Crippen LogP contribution in [0, 0.1) is 0 Å². The minimum atomic E-state index is 0.102. The Hall–Kier alpha value is -1.78. The van der Waals surface area contributed by atoms with E-state index in [4.69, 9.17) is 14.9 Å². The number of nitrogens with two attached hydrogens (primary N) is 1. The molecule has 1 aromatic carbocycles. The Balaban J connectivity index is 1.85. The molecule has 1 aliphatic rings. The molecule has 1 aliphatic heterocycles. The Kier molecular flexibility index (Phi) is 3.53. The van der Waals surface area contributed by atoms with E-state index in [0.29, 0.717) is 13.2 Å². The minimum Gasteiger partial charge on any atom is -0.492 e. The van der Waals surface area contributed by atoms with Crippen LogP contribution in [0.3, 0.4) is 0 Å². The van der Waals surface area contributed by atoms with E-state index in [1.807, 2.05) is 30.3 Å². The number of fused-ring (bicyclic) bond motifs is 1. The number of furan rings is 1. The predicted molar refractivity (Wildman–Crippen MR) is 72.9 cm³/mol. The van der Waals surface area contributed by atoms with Crippen LogP contribution in [0.1, 0.15) is 17.4 Å². The lowest BCUT2D eigenvalue weighted by Gasteiger charge is -2.27. The van der Waals surface area contributed by atoms with Gasteiger partial charge in [-0.25, -0.2) is 0 Å². The van der Waals surface area contributed by atoms with Gasteiger partial charge in [-0.1, -0.05) is 18.2 Å². The van der Waals surface area contributed by atoms with Crippen LogP contribution in [0.5, 0.6) is 5.75 Å². The highest BCUT2D eigenvalue weighted by Gasteiger charge is 2.24. The van der Waals surface area contributed by atoms with Gasteiger partial charge in [0.2, 0.25) is 0 Å². The van der Waals surface area contributed by atoms with Crippen LogP contribution < -0.4 is 10.5 Å². The molecule has 0 saturated heterocycles. The lowest BCUT2D eigenvalue weighted by atomic mass is 10.1. The molecule has 4 nitrogen and oxygen atoms in total. The van der Waals surface area contributed by atoms with E-state index in [0.717, 1.165) is 24.6 Å². The third kappa shape index (κ3) is 2.50. The van der Waals surface area contributed by atoms with Crippen LogP contribution in [-0.4, -0.2) is 24.6 Å². The van der Waals surface area contributed by atoms with Crippen LogP contribution >= 0.6 is 0 Å². The molecule has 1 atom stereocenters. The van der Waals surface area contributed by atoms with Crippen molar-refractivity contribution in [2.75, 3.05) is 19.7 Å². The molecule has 1 aromatic heterocycles. The molecule has 19 heavy (non-hydrogen) atoms. The average Bonchev–Trinajstić information content (AvgIpc) is 2.87. The maximum Gasteiger partial charge on any atom is 0.123 e. The van der Waals surface area contributed by atoms with Gasteiger partial charge in [0, 0.05) is 25.2 Å². The van der Waals surface area contributed by atoms with Gasteiger partial charge in [0.15, 0.2) is 0 Å². The Bertz CT molecular complexity index is 525. The van der Waals surface area contributed by atoms with E-state index in [1.165, 1.54) is 5.56 Å². The van der Waals surface area contributed by atoms with Gasteiger partial charge in [-0.15, -0.1) is 0 Å². The Morgan fingerprint density at radius 3 is 2.89 bits per heavy atom. The minimum absolute atomic E-state index is 0.102. The lowest BCUT2D eigenvalue weighted by Crippen LogP contribution is -2.34. The zero-order valence-corrected chi connectivity index (χ0v) is 10.8. The smallest absolute Gasteiger partial charge is 0.123 e. The first-order valence-electron chi connectivity index (χ1n) is 6.56. The zero-order chi connectivity index (χ0) is 13.1. The Morgan fingerprint density at radius 1 is 1.21 bits per heavy atom. The molecule has 0 amide bonds. The van der Waals surface area contributed by atoms with Crippen molar-refractivity contribution in [3.8, 4) is 5.75 Å². The van der Waals surface area contributed by atoms with Gasteiger partial charge in [0.1, 0.15) is 18.1 Å². The second-order valence-corrected chi connectivity index (χ2v) is 4.69. The number of para-hydroxylation sites is 1. The first kappa shape index (κ1) is 12.3. The van der Waals surface area contributed by atoms with Crippen molar-refractivity contribution < 1.29 is 9.15 Å². The van der Waals surface area contributed by atoms with Crippen molar-refractivity contribution in [2.24, 2.45) is 5.73 Å². The summed E-state index contributed by atoms with van der Waals surface area (Å²) in [6, 6.07) is 12.1. The van der Waals surface area contributed by atoms with E-state index >= 15 is 0 Å². The first-order valence-corrected chi connectivity index (χ1v) is 6.56. The van der Waals surface area contributed by atoms with E-state index in [9.17, 15) is 0 Å². The average molecular weight is 258 g/mol. The summed E-state index contributed by atoms with van der Waals surface area (Å²) in [6.45, 7) is 2.89. The summed E-state index contributed by atoms with van der Waals surface area (Å²) < 4.78 is 11.3. The topological polar surface area (TPSA) is 51.6 Å². The second-order valence-electron chi connectivity index (χ2n) is 4.69. The summed E-state index contributed by atoms with van der Waals surface area (Å²) >= 11 is 0. The lowest BCUT2D eigenvalue weighted by molar-refractivity contribution is 0.155. The molecule has 2 N–H and O–H groups in total. The van der Waals surface area contributed by atoms with Crippen molar-refractivity contribution in [2.45, 2.75) is 12.6 Å². The van der Waals surface area contributed by atoms with Gasteiger partial charge in [-0.2, -0.15) is 0 Å². The highest BCUT2D eigenvalue weighted by Crippen LogP contribution is 2.28. The number of benzene rings is 1. The Morgan fingerprint density at radius 2 is 2.11 bits per heavy atom. The molecule has 0 aliphatic carbocycles. The molecule has 4 heteroatoms. The van der Waals surface area contributed by atoms with E-state index in [1.54, 1.807) is 6.26 Å². The number of ether oxygens (including phenoxy) is 1. The summed E-state index contributed by atoms with van der Waals surface area (Å²) in [4.78, 5) is 2.31. The highest BCUT2D eigenvalue weighted by molar-refractivity contribution is 5.34. The molecule has 2 heterocycles. The van der Waals surface area contributed by atoms with E-state index in [2.05, 4.69) is 11.0 Å². The second kappa shape index (κ2) is 5.47. The van der Waals surface area contributed by atoms with Crippen molar-refractivity contribution >= 4 is 0 Å². The van der Waals surface area contributed by atoms with Crippen molar-refractivity contribution in [3.63, 3.8) is 0 Å². The zero-order valence-electron chi connectivity index (χ0n) is 10.8. The third-order valence-corrected chi connectivity index (χ3v) is 3.52. The quantitative estimate of drug-likeness (QED) is 0.916. The first-order chi connectivity index (χ1) is 9.38. The molecule has 2 aromatic rings. The fourth-order valence-electron chi connectivity index (χ4n) is 2.54. The monoisotopic (exact) mass is 258 g/mol. The van der Waals surface area contributed by atoms with Crippen LogP contribution in [0.4, 0.5) is 0 Å². The molecular formula is C15H18N2O2.